The molecule has 0 amide bonds. The molecule has 3 aromatic rings. The number of allylic oxidation sites excluding steroid dienone is 1. The van der Waals surface area contributed by atoms with Crippen molar-refractivity contribution in [1.82, 2.24) is 14.8 Å². The van der Waals surface area contributed by atoms with Crippen LogP contribution < -0.4 is 4.90 Å². The number of fused-ring (bicyclic) bond motifs is 7. The number of hydrogen-bond acceptors (Lipinski definition) is 4. The fourth-order valence-electron chi connectivity index (χ4n) is 11.9. The molecule has 0 unspecified atom stereocenters. The highest BCUT2D eigenvalue weighted by molar-refractivity contribution is 5.85. The first-order valence-electron chi connectivity index (χ1n) is 16.9. The third kappa shape index (κ3) is 2.86. The van der Waals surface area contributed by atoms with Gasteiger partial charge in [-0.25, -0.2) is 0 Å². The molecule has 2 bridgehead atoms. The van der Waals surface area contributed by atoms with E-state index in [4.69, 9.17) is 4.74 Å². The lowest BCUT2D eigenvalue weighted by atomic mass is 9.53. The van der Waals surface area contributed by atoms with E-state index >= 15 is 0 Å². The van der Waals surface area contributed by atoms with Gasteiger partial charge >= 0.3 is 0 Å². The van der Waals surface area contributed by atoms with E-state index in [1.807, 2.05) is 0 Å². The average Bonchev–Trinajstić information content (AvgIpc) is 3.67. The summed E-state index contributed by atoms with van der Waals surface area (Å²) in [6, 6.07) is 20.0. The molecule has 7 aliphatic heterocycles. The Morgan fingerprint density at radius 3 is 2.86 bits per heavy atom. The Kier molecular flexibility index (Phi) is 4.69. The standard InChI is InChI=1S/C38H40N4O/c1-2-22-19-40-14-11-25-24-7-3-5-9-30(24)39-35(25)32(40)17-26(22)28-21-42-31-10-6-4-8-29(31)38-13-15-41-20-23-12-16-43-36(28)34(37(38)42)27(23)18-33(38)41/h2-10,12,21,26-27,32-34,36-37,39H,11,13-20H2,1H3/t26-,27-,32-,33-,34-,36-,37-,38+/m0/s1. The van der Waals surface area contributed by atoms with E-state index in [-0.39, 0.29) is 11.5 Å². The van der Waals surface area contributed by atoms with Crippen molar-refractivity contribution in [3.05, 3.63) is 100 Å². The van der Waals surface area contributed by atoms with Gasteiger partial charge in [0.05, 0.1) is 24.8 Å². The zero-order valence-corrected chi connectivity index (χ0v) is 25.0. The molecule has 218 valence electrons. The van der Waals surface area contributed by atoms with Gasteiger partial charge in [-0.3, -0.25) is 9.80 Å². The van der Waals surface area contributed by atoms with Crippen LogP contribution in [0.5, 0.6) is 0 Å². The number of aromatic nitrogens is 1. The van der Waals surface area contributed by atoms with Crippen LogP contribution in [0.4, 0.5) is 5.69 Å². The second-order valence-corrected chi connectivity index (χ2v) is 14.7. The number of aromatic amines is 1. The number of para-hydroxylation sites is 2. The van der Waals surface area contributed by atoms with Crippen LogP contribution in [-0.4, -0.2) is 65.8 Å². The lowest BCUT2D eigenvalue weighted by Crippen LogP contribution is -2.67. The highest BCUT2D eigenvalue weighted by Crippen LogP contribution is 2.66. The van der Waals surface area contributed by atoms with E-state index in [1.165, 1.54) is 41.7 Å². The quantitative estimate of drug-likeness (QED) is 0.360. The third-order valence-electron chi connectivity index (χ3n) is 13.5. The molecule has 8 atom stereocenters. The number of anilines is 1. The fraction of sp³-hybridized carbons (Fsp3) is 0.474. The van der Waals surface area contributed by atoms with Crippen LogP contribution in [0.3, 0.4) is 0 Å². The van der Waals surface area contributed by atoms with Gasteiger partial charge in [-0.15, -0.1) is 0 Å². The summed E-state index contributed by atoms with van der Waals surface area (Å²) in [6.07, 6.45) is 12.6. The molecule has 8 heterocycles. The summed E-state index contributed by atoms with van der Waals surface area (Å²) in [4.78, 5) is 12.3. The highest BCUT2D eigenvalue weighted by Gasteiger charge is 2.70. The second-order valence-electron chi connectivity index (χ2n) is 14.7. The largest absolute Gasteiger partial charge is 0.369 e. The van der Waals surface area contributed by atoms with E-state index in [9.17, 15) is 0 Å². The summed E-state index contributed by atoms with van der Waals surface area (Å²) < 4.78 is 7.10. The van der Waals surface area contributed by atoms with Gasteiger partial charge in [0, 0.05) is 71.4 Å². The van der Waals surface area contributed by atoms with E-state index in [1.54, 1.807) is 27.8 Å². The summed E-state index contributed by atoms with van der Waals surface area (Å²) in [5, 5.41) is 1.43. The number of rotatable bonds is 1. The SMILES string of the molecule is CC=C1CN2CCc3c([nH]c4ccccc34)[C@@H]2C[C@@H]1C1=CN2c3ccccc3[C@@]34CCN5CC6=CCO[C@@H]1[C@@H]([C@H]23)[C@H]6C[C@H]54. The number of H-pyrrole nitrogens is 1. The Balaban J connectivity index is 1.08. The average molecular weight is 569 g/mol. The molecule has 1 aromatic heterocycles. The maximum atomic E-state index is 7.10. The first-order valence-corrected chi connectivity index (χ1v) is 16.9. The first kappa shape index (κ1) is 24.2. The maximum absolute atomic E-state index is 7.10. The Labute approximate surface area is 253 Å². The lowest BCUT2D eigenvalue weighted by molar-refractivity contribution is -0.0331. The molecule has 5 nitrogen and oxygen atoms in total. The van der Waals surface area contributed by atoms with E-state index < -0.39 is 0 Å². The van der Waals surface area contributed by atoms with E-state index in [0.717, 1.165) is 39.1 Å². The smallest absolute Gasteiger partial charge is 0.0866 e. The van der Waals surface area contributed by atoms with Gasteiger partial charge in [-0.1, -0.05) is 59.7 Å². The predicted octanol–water partition coefficient (Wildman–Crippen LogP) is 6.11. The number of hydrogen-bond donors (Lipinski definition) is 1. The number of piperidine rings is 2. The van der Waals surface area contributed by atoms with Crippen LogP contribution >= 0.6 is 0 Å². The molecule has 5 heteroatoms. The Morgan fingerprint density at radius 1 is 1.00 bits per heavy atom. The van der Waals surface area contributed by atoms with Gasteiger partial charge in [-0.05, 0) is 73.9 Å². The van der Waals surface area contributed by atoms with Crippen LogP contribution in [-0.2, 0) is 16.6 Å². The van der Waals surface area contributed by atoms with Crippen molar-refractivity contribution in [2.45, 2.75) is 62.3 Å². The van der Waals surface area contributed by atoms with Gasteiger partial charge in [0.15, 0.2) is 0 Å². The van der Waals surface area contributed by atoms with Crippen LogP contribution in [0, 0.1) is 17.8 Å². The first-order chi connectivity index (χ1) is 21.2. The monoisotopic (exact) mass is 568 g/mol. The second kappa shape index (κ2) is 8.32. The molecule has 1 spiro atoms. The van der Waals surface area contributed by atoms with Gasteiger partial charge in [0.1, 0.15) is 0 Å². The molecular formula is C38H40N4O. The number of nitrogens with one attached hydrogen (secondary N) is 1. The molecule has 1 saturated carbocycles. The third-order valence-corrected chi connectivity index (χ3v) is 13.5. The van der Waals surface area contributed by atoms with Gasteiger partial charge in [0.25, 0.3) is 0 Å². The number of nitrogens with zero attached hydrogens (tertiary/aromatic N) is 3. The Bertz CT molecular complexity index is 1800. The number of benzene rings is 2. The molecule has 2 aromatic carbocycles. The van der Waals surface area contributed by atoms with Crippen molar-refractivity contribution < 1.29 is 4.74 Å². The number of ether oxygens (including phenoxy) is 1. The van der Waals surface area contributed by atoms with Crippen LogP contribution in [0.1, 0.15) is 49.0 Å². The van der Waals surface area contributed by atoms with Crippen molar-refractivity contribution in [1.29, 1.82) is 0 Å². The molecule has 1 N–H and O–H groups in total. The maximum Gasteiger partial charge on any atom is 0.0866 e. The predicted molar refractivity (Wildman–Crippen MR) is 170 cm³/mol. The van der Waals surface area contributed by atoms with Crippen molar-refractivity contribution in [3.8, 4) is 0 Å². The topological polar surface area (TPSA) is 34.7 Å². The summed E-state index contributed by atoms with van der Waals surface area (Å²) >= 11 is 0. The van der Waals surface area contributed by atoms with Crippen molar-refractivity contribution >= 4 is 16.6 Å². The molecule has 43 heavy (non-hydrogen) atoms. The highest BCUT2D eigenvalue weighted by atomic mass is 16.5. The van der Waals surface area contributed by atoms with Crippen LogP contribution in [0.25, 0.3) is 10.9 Å². The summed E-state index contributed by atoms with van der Waals surface area (Å²) in [5.74, 6) is 1.56. The van der Waals surface area contributed by atoms with Crippen molar-refractivity contribution in [2.75, 3.05) is 37.7 Å². The molecule has 8 aliphatic rings. The molecule has 1 aliphatic carbocycles. The minimum Gasteiger partial charge on any atom is -0.369 e. The molecular weight excluding hydrogens is 528 g/mol. The molecule has 0 radical (unpaired) electrons. The van der Waals surface area contributed by atoms with Crippen LogP contribution in [0.15, 0.2) is 83.6 Å². The normalized spacial score (nSPS) is 39.7. The van der Waals surface area contributed by atoms with Crippen molar-refractivity contribution in [2.24, 2.45) is 17.8 Å². The summed E-state index contributed by atoms with van der Waals surface area (Å²) in [5.41, 5.74) is 12.5. The van der Waals surface area contributed by atoms with Crippen LogP contribution in [0.2, 0.25) is 0 Å². The summed E-state index contributed by atoms with van der Waals surface area (Å²) in [7, 11) is 0. The summed E-state index contributed by atoms with van der Waals surface area (Å²) in [6.45, 7) is 7.63. The Morgan fingerprint density at radius 2 is 1.91 bits per heavy atom. The molecule has 4 fully saturated rings. The van der Waals surface area contributed by atoms with E-state index in [0.29, 0.717) is 35.9 Å². The van der Waals surface area contributed by atoms with Gasteiger partial charge < -0.3 is 14.6 Å². The Hall–Kier alpha value is -3.12. The van der Waals surface area contributed by atoms with Gasteiger partial charge in [0.2, 0.25) is 0 Å². The minimum absolute atomic E-state index is 0.191. The fourth-order valence-corrected chi connectivity index (χ4v) is 11.9. The zero-order chi connectivity index (χ0) is 28.0. The minimum atomic E-state index is 0.191. The lowest BCUT2D eigenvalue weighted by Gasteiger charge is -2.59. The zero-order valence-electron chi connectivity index (χ0n) is 25.0. The molecule has 11 rings (SSSR count). The molecule has 3 saturated heterocycles. The van der Waals surface area contributed by atoms with E-state index in [2.05, 4.69) is 93.5 Å². The van der Waals surface area contributed by atoms with Crippen molar-refractivity contribution in [3.63, 3.8) is 0 Å². The van der Waals surface area contributed by atoms with Gasteiger partial charge in [-0.2, -0.15) is 0 Å².